The van der Waals surface area contributed by atoms with Gasteiger partial charge in [-0.05, 0) is 30.5 Å². The molecular weight excluding hydrogens is 332 g/mol. The molecule has 1 aromatic carbocycles. The molecule has 6 heteroatoms. The van der Waals surface area contributed by atoms with Gasteiger partial charge in [-0.25, -0.2) is 4.79 Å². The zero-order valence-corrected chi connectivity index (χ0v) is 15.0. The Labute approximate surface area is 152 Å². The Bertz CT molecular complexity index is 826. The van der Waals surface area contributed by atoms with Crippen LogP contribution in [0.1, 0.15) is 58.3 Å². The van der Waals surface area contributed by atoms with Crippen LogP contribution in [0.25, 0.3) is 0 Å². The monoisotopic (exact) mass is 354 g/mol. The van der Waals surface area contributed by atoms with Crippen molar-refractivity contribution in [1.29, 1.82) is 0 Å². The maximum absolute atomic E-state index is 12.9. The highest BCUT2D eigenvalue weighted by Gasteiger charge is 2.36. The number of esters is 1. The molecule has 0 radical (unpaired) electrons. The van der Waals surface area contributed by atoms with Crippen LogP contribution >= 0.6 is 0 Å². The molecule has 1 aliphatic heterocycles. The minimum Gasteiger partial charge on any atom is -0.461 e. The molecule has 1 atom stereocenters. The van der Waals surface area contributed by atoms with Crippen molar-refractivity contribution in [1.82, 2.24) is 9.88 Å². The van der Waals surface area contributed by atoms with Gasteiger partial charge in [-0.1, -0.05) is 30.3 Å². The third kappa shape index (κ3) is 3.54. The van der Waals surface area contributed by atoms with E-state index in [9.17, 15) is 14.4 Å². The van der Waals surface area contributed by atoms with Gasteiger partial charge in [-0.15, -0.1) is 0 Å². The topological polar surface area (TPSA) is 79.5 Å². The second-order valence-corrected chi connectivity index (χ2v) is 6.38. The molecule has 0 bridgehead atoms. The number of benzene rings is 1. The van der Waals surface area contributed by atoms with Gasteiger partial charge in [0.15, 0.2) is 5.78 Å². The number of ketones is 1. The van der Waals surface area contributed by atoms with Gasteiger partial charge in [0.25, 0.3) is 0 Å². The van der Waals surface area contributed by atoms with E-state index in [1.165, 1.54) is 6.92 Å². The number of rotatable bonds is 6. The molecule has 1 saturated heterocycles. The lowest BCUT2D eigenvalue weighted by molar-refractivity contribution is -0.129. The zero-order chi connectivity index (χ0) is 18.7. The Morgan fingerprint density at radius 1 is 1.27 bits per heavy atom. The molecule has 1 unspecified atom stereocenters. The molecule has 2 heterocycles. The van der Waals surface area contributed by atoms with E-state index in [4.69, 9.17) is 4.74 Å². The standard InChI is InChI=1S/C20H22N2O4/c1-3-26-20(25)17-11-16(18(21-17)13(2)23)15-9-10-22(19(15)24)12-14-7-5-4-6-8-14/h4-8,11,15,21H,3,9-10,12H2,1-2H3. The van der Waals surface area contributed by atoms with E-state index in [1.807, 2.05) is 30.3 Å². The molecule has 1 aromatic heterocycles. The molecule has 6 nitrogen and oxygen atoms in total. The summed E-state index contributed by atoms with van der Waals surface area (Å²) in [4.78, 5) is 41.5. The molecule has 0 aliphatic carbocycles. The second-order valence-electron chi connectivity index (χ2n) is 6.38. The number of H-pyrrole nitrogens is 1. The third-order valence-electron chi connectivity index (χ3n) is 4.58. The van der Waals surface area contributed by atoms with Gasteiger partial charge in [-0.2, -0.15) is 0 Å². The lowest BCUT2D eigenvalue weighted by Crippen LogP contribution is -2.26. The SMILES string of the molecule is CCOC(=O)c1cc(C2CCN(Cc3ccccc3)C2=O)c(C(C)=O)[nH]1. The summed E-state index contributed by atoms with van der Waals surface area (Å²) in [5, 5.41) is 0. The first-order chi connectivity index (χ1) is 12.5. The summed E-state index contributed by atoms with van der Waals surface area (Å²) in [6, 6.07) is 11.4. The predicted molar refractivity (Wildman–Crippen MR) is 96.0 cm³/mol. The number of amides is 1. The first-order valence-electron chi connectivity index (χ1n) is 8.75. The van der Waals surface area contributed by atoms with Crippen LogP contribution in [0.5, 0.6) is 0 Å². The molecule has 1 amide bonds. The number of ether oxygens (including phenoxy) is 1. The van der Waals surface area contributed by atoms with Gasteiger partial charge >= 0.3 is 5.97 Å². The number of nitrogens with zero attached hydrogens (tertiary/aromatic N) is 1. The predicted octanol–water partition coefficient (Wildman–Crippen LogP) is 2.91. The lowest BCUT2D eigenvalue weighted by Gasteiger charge is -2.17. The number of hydrogen-bond acceptors (Lipinski definition) is 4. The largest absolute Gasteiger partial charge is 0.461 e. The molecule has 136 valence electrons. The summed E-state index contributed by atoms with van der Waals surface area (Å²) >= 11 is 0. The molecule has 3 rings (SSSR count). The summed E-state index contributed by atoms with van der Waals surface area (Å²) in [5.74, 6) is -1.17. The van der Waals surface area contributed by atoms with Crippen LogP contribution < -0.4 is 0 Å². The number of aromatic nitrogens is 1. The van der Waals surface area contributed by atoms with Crippen LogP contribution in [0.15, 0.2) is 36.4 Å². The van der Waals surface area contributed by atoms with Gasteiger partial charge in [0, 0.05) is 20.0 Å². The van der Waals surface area contributed by atoms with Crippen molar-refractivity contribution in [3.8, 4) is 0 Å². The average Bonchev–Trinajstić information content (AvgIpc) is 3.21. The van der Waals surface area contributed by atoms with Gasteiger partial charge in [0.1, 0.15) is 5.69 Å². The fraction of sp³-hybridized carbons (Fsp3) is 0.350. The summed E-state index contributed by atoms with van der Waals surface area (Å²) in [6.45, 7) is 4.55. The van der Waals surface area contributed by atoms with E-state index >= 15 is 0 Å². The highest BCUT2D eigenvalue weighted by atomic mass is 16.5. The number of carbonyl (C=O) groups excluding carboxylic acids is 3. The molecule has 26 heavy (non-hydrogen) atoms. The molecule has 1 aliphatic rings. The van der Waals surface area contributed by atoms with E-state index in [1.54, 1.807) is 17.9 Å². The second kappa shape index (κ2) is 7.56. The van der Waals surface area contributed by atoms with Crippen LogP contribution in [0.3, 0.4) is 0 Å². The van der Waals surface area contributed by atoms with Crippen molar-refractivity contribution in [3.63, 3.8) is 0 Å². The van der Waals surface area contributed by atoms with E-state index < -0.39 is 11.9 Å². The number of Topliss-reactive ketones (excluding diaryl/α,β-unsaturated/α-hetero) is 1. The van der Waals surface area contributed by atoms with Crippen LogP contribution in [-0.4, -0.2) is 40.7 Å². The summed E-state index contributed by atoms with van der Waals surface area (Å²) in [6.07, 6.45) is 0.617. The molecule has 1 N–H and O–H groups in total. The maximum Gasteiger partial charge on any atom is 0.354 e. The Morgan fingerprint density at radius 2 is 2.00 bits per heavy atom. The minimum absolute atomic E-state index is 0.0224. The Morgan fingerprint density at radius 3 is 2.65 bits per heavy atom. The first kappa shape index (κ1) is 17.9. The number of carbonyl (C=O) groups is 3. The van der Waals surface area contributed by atoms with Crippen molar-refractivity contribution in [2.75, 3.05) is 13.2 Å². The fourth-order valence-corrected chi connectivity index (χ4v) is 3.34. The molecule has 0 spiro atoms. The molecule has 2 aromatic rings. The lowest BCUT2D eigenvalue weighted by atomic mass is 9.96. The van der Waals surface area contributed by atoms with Gasteiger partial charge in [-0.3, -0.25) is 9.59 Å². The van der Waals surface area contributed by atoms with Crippen molar-refractivity contribution in [3.05, 3.63) is 58.9 Å². The quantitative estimate of drug-likeness (QED) is 0.639. The Balaban J connectivity index is 1.83. The highest BCUT2D eigenvalue weighted by Crippen LogP contribution is 2.33. The Kier molecular flexibility index (Phi) is 5.21. The summed E-state index contributed by atoms with van der Waals surface area (Å²) in [5.41, 5.74) is 2.17. The van der Waals surface area contributed by atoms with E-state index in [2.05, 4.69) is 4.98 Å². The van der Waals surface area contributed by atoms with E-state index in [0.29, 0.717) is 30.8 Å². The van der Waals surface area contributed by atoms with Gasteiger partial charge in [0.2, 0.25) is 5.91 Å². The van der Waals surface area contributed by atoms with Gasteiger partial charge in [0.05, 0.1) is 18.2 Å². The molecule has 1 fully saturated rings. The normalized spacial score (nSPS) is 16.8. The van der Waals surface area contributed by atoms with Crippen molar-refractivity contribution < 1.29 is 19.1 Å². The first-order valence-corrected chi connectivity index (χ1v) is 8.75. The van der Waals surface area contributed by atoms with Crippen LogP contribution in [-0.2, 0) is 16.1 Å². The van der Waals surface area contributed by atoms with Crippen molar-refractivity contribution in [2.24, 2.45) is 0 Å². The minimum atomic E-state index is -0.521. The fourth-order valence-electron chi connectivity index (χ4n) is 3.34. The maximum atomic E-state index is 12.9. The van der Waals surface area contributed by atoms with E-state index in [0.717, 1.165) is 5.56 Å². The molecular formula is C20H22N2O4. The van der Waals surface area contributed by atoms with E-state index in [-0.39, 0.29) is 24.0 Å². The smallest absolute Gasteiger partial charge is 0.354 e. The number of likely N-dealkylation sites (tertiary alicyclic amines) is 1. The zero-order valence-electron chi connectivity index (χ0n) is 15.0. The third-order valence-corrected chi connectivity index (χ3v) is 4.58. The highest BCUT2D eigenvalue weighted by molar-refractivity contribution is 5.99. The van der Waals surface area contributed by atoms with Gasteiger partial charge < -0.3 is 14.6 Å². The number of nitrogens with one attached hydrogen (secondary N) is 1. The summed E-state index contributed by atoms with van der Waals surface area (Å²) < 4.78 is 4.99. The number of hydrogen-bond donors (Lipinski definition) is 1. The summed E-state index contributed by atoms with van der Waals surface area (Å²) in [7, 11) is 0. The van der Waals surface area contributed by atoms with Crippen LogP contribution in [0.4, 0.5) is 0 Å². The van der Waals surface area contributed by atoms with Crippen molar-refractivity contribution >= 4 is 17.7 Å². The molecule has 0 saturated carbocycles. The average molecular weight is 354 g/mol. The van der Waals surface area contributed by atoms with Crippen LogP contribution in [0.2, 0.25) is 0 Å². The van der Waals surface area contributed by atoms with Crippen LogP contribution in [0, 0.1) is 0 Å². The van der Waals surface area contributed by atoms with Crippen molar-refractivity contribution in [2.45, 2.75) is 32.7 Å². The Hall–Kier alpha value is -2.89. The number of aromatic amines is 1.